The second-order valence-electron chi connectivity index (χ2n) is 5.95. The molecule has 6 nitrogen and oxygen atoms in total. The van der Waals surface area contributed by atoms with E-state index in [0.717, 1.165) is 11.5 Å². The first-order valence-electron chi connectivity index (χ1n) is 8.37. The van der Waals surface area contributed by atoms with E-state index < -0.39 is 0 Å². The lowest BCUT2D eigenvalue weighted by Crippen LogP contribution is -2.22. The Kier molecular flexibility index (Phi) is 4.68. The van der Waals surface area contributed by atoms with Crippen molar-refractivity contribution in [2.45, 2.75) is 17.8 Å². The molecular formula is C20H17N3O3S. The maximum absolute atomic E-state index is 13.3. The van der Waals surface area contributed by atoms with E-state index in [1.165, 1.54) is 11.8 Å². The quantitative estimate of drug-likeness (QED) is 0.386. The lowest BCUT2D eigenvalue weighted by atomic mass is 10.2. The van der Waals surface area contributed by atoms with Crippen molar-refractivity contribution < 1.29 is 9.26 Å². The van der Waals surface area contributed by atoms with Crippen LogP contribution in [0.1, 0.15) is 11.5 Å². The molecule has 0 aliphatic heterocycles. The molecule has 0 radical (unpaired) electrons. The van der Waals surface area contributed by atoms with Crippen LogP contribution in [0.25, 0.3) is 16.6 Å². The summed E-state index contributed by atoms with van der Waals surface area (Å²) >= 11 is 1.42. The SMILES string of the molecule is COc1ccccc1-n1c(SCc2cc(C)no2)nc2ccccc2c1=O. The second kappa shape index (κ2) is 7.28. The molecule has 4 rings (SSSR count). The van der Waals surface area contributed by atoms with Gasteiger partial charge in [0.05, 0.1) is 35.1 Å². The number of thioether (sulfide) groups is 1. The van der Waals surface area contributed by atoms with E-state index in [0.29, 0.717) is 33.2 Å². The van der Waals surface area contributed by atoms with Crippen molar-refractivity contribution in [1.29, 1.82) is 0 Å². The third kappa shape index (κ3) is 3.33. The van der Waals surface area contributed by atoms with Crippen LogP contribution in [0.5, 0.6) is 5.75 Å². The fraction of sp³-hybridized carbons (Fsp3) is 0.150. The number of nitrogens with zero attached hydrogens (tertiary/aromatic N) is 3. The number of ether oxygens (including phenoxy) is 1. The molecule has 0 atom stereocenters. The van der Waals surface area contributed by atoms with Gasteiger partial charge in [0.1, 0.15) is 11.5 Å². The number of aromatic nitrogens is 3. The summed E-state index contributed by atoms with van der Waals surface area (Å²) in [5, 5.41) is 5.03. The van der Waals surface area contributed by atoms with Gasteiger partial charge in [0, 0.05) is 6.07 Å². The monoisotopic (exact) mass is 379 g/mol. The van der Waals surface area contributed by atoms with Gasteiger partial charge >= 0.3 is 0 Å². The van der Waals surface area contributed by atoms with Gasteiger partial charge in [-0.15, -0.1) is 0 Å². The normalized spacial score (nSPS) is 11.0. The van der Waals surface area contributed by atoms with Gasteiger partial charge in [-0.1, -0.05) is 41.2 Å². The summed E-state index contributed by atoms with van der Waals surface area (Å²) in [7, 11) is 1.59. The standard InChI is InChI=1S/C20H17N3O3S/c1-13-11-14(26-22-13)12-27-20-21-16-8-4-3-7-15(16)19(24)23(20)17-9-5-6-10-18(17)25-2/h3-11H,12H2,1-2H3. The average molecular weight is 379 g/mol. The fourth-order valence-electron chi connectivity index (χ4n) is 2.86. The van der Waals surface area contributed by atoms with E-state index in [1.54, 1.807) is 17.7 Å². The first kappa shape index (κ1) is 17.4. The Morgan fingerprint density at radius 2 is 1.93 bits per heavy atom. The van der Waals surface area contributed by atoms with Gasteiger partial charge in [0.15, 0.2) is 5.16 Å². The topological polar surface area (TPSA) is 70.2 Å². The smallest absolute Gasteiger partial charge is 0.266 e. The van der Waals surface area contributed by atoms with Gasteiger partial charge in [-0.2, -0.15) is 0 Å². The highest BCUT2D eigenvalue weighted by molar-refractivity contribution is 7.98. The van der Waals surface area contributed by atoms with E-state index in [9.17, 15) is 4.79 Å². The van der Waals surface area contributed by atoms with E-state index in [2.05, 4.69) is 5.16 Å². The molecular weight excluding hydrogens is 362 g/mol. The summed E-state index contributed by atoms with van der Waals surface area (Å²) < 4.78 is 12.3. The van der Waals surface area contributed by atoms with Crippen molar-refractivity contribution >= 4 is 22.7 Å². The van der Waals surface area contributed by atoms with Gasteiger partial charge in [0.2, 0.25) is 0 Å². The van der Waals surface area contributed by atoms with Crippen molar-refractivity contribution in [3.63, 3.8) is 0 Å². The number of benzene rings is 2. The van der Waals surface area contributed by atoms with Crippen LogP contribution < -0.4 is 10.3 Å². The summed E-state index contributed by atoms with van der Waals surface area (Å²) in [6, 6.07) is 16.6. The highest BCUT2D eigenvalue weighted by Gasteiger charge is 2.16. The lowest BCUT2D eigenvalue weighted by molar-refractivity contribution is 0.391. The van der Waals surface area contributed by atoms with Crippen molar-refractivity contribution in [2.75, 3.05) is 7.11 Å². The zero-order valence-corrected chi connectivity index (χ0v) is 15.7. The van der Waals surface area contributed by atoms with Crippen LogP contribution in [0.2, 0.25) is 0 Å². The summed E-state index contributed by atoms with van der Waals surface area (Å²) in [6.07, 6.45) is 0. The molecule has 4 aromatic rings. The van der Waals surface area contributed by atoms with Crippen LogP contribution in [-0.4, -0.2) is 21.8 Å². The molecule has 0 fully saturated rings. The fourth-order valence-corrected chi connectivity index (χ4v) is 3.74. The van der Waals surface area contributed by atoms with Gasteiger partial charge in [-0.25, -0.2) is 4.98 Å². The van der Waals surface area contributed by atoms with Crippen molar-refractivity contribution in [3.05, 3.63) is 76.4 Å². The van der Waals surface area contributed by atoms with Crippen molar-refractivity contribution in [3.8, 4) is 11.4 Å². The molecule has 0 saturated carbocycles. The highest BCUT2D eigenvalue weighted by Crippen LogP contribution is 2.28. The third-order valence-electron chi connectivity index (χ3n) is 4.09. The number of rotatable bonds is 5. The molecule has 0 bridgehead atoms. The summed E-state index contributed by atoms with van der Waals surface area (Å²) in [6.45, 7) is 1.87. The van der Waals surface area contributed by atoms with Crippen molar-refractivity contribution in [2.24, 2.45) is 0 Å². The van der Waals surface area contributed by atoms with Gasteiger partial charge in [-0.05, 0) is 31.2 Å². The molecule has 0 N–H and O–H groups in total. The Bertz CT molecular complexity index is 1170. The molecule has 136 valence electrons. The predicted octanol–water partition coefficient (Wildman–Crippen LogP) is 3.98. The Hall–Kier alpha value is -3.06. The number of methoxy groups -OCH3 is 1. The first-order valence-corrected chi connectivity index (χ1v) is 9.36. The molecule has 0 unspecified atom stereocenters. The second-order valence-corrected chi connectivity index (χ2v) is 6.89. The summed E-state index contributed by atoms with van der Waals surface area (Å²) in [4.78, 5) is 18.0. The Morgan fingerprint density at radius 3 is 2.70 bits per heavy atom. The van der Waals surface area contributed by atoms with Gasteiger partial charge in [0.25, 0.3) is 5.56 Å². The lowest BCUT2D eigenvalue weighted by Gasteiger charge is -2.15. The molecule has 0 aliphatic carbocycles. The predicted molar refractivity (Wildman–Crippen MR) is 105 cm³/mol. The maximum Gasteiger partial charge on any atom is 0.266 e. The van der Waals surface area contributed by atoms with E-state index in [-0.39, 0.29) is 5.56 Å². The average Bonchev–Trinajstić information content (AvgIpc) is 3.12. The summed E-state index contributed by atoms with van der Waals surface area (Å²) in [5.41, 5.74) is 1.99. The number of fused-ring (bicyclic) bond motifs is 1. The molecule has 0 amide bonds. The zero-order chi connectivity index (χ0) is 18.8. The Balaban J connectivity index is 1.89. The number of aryl methyl sites for hydroxylation is 1. The van der Waals surface area contributed by atoms with Crippen LogP contribution in [-0.2, 0) is 5.75 Å². The minimum atomic E-state index is -0.138. The number of hydrogen-bond acceptors (Lipinski definition) is 6. The minimum absolute atomic E-state index is 0.138. The first-order chi connectivity index (χ1) is 13.2. The van der Waals surface area contributed by atoms with Gasteiger partial charge < -0.3 is 9.26 Å². The highest BCUT2D eigenvalue weighted by atomic mass is 32.2. The van der Waals surface area contributed by atoms with Crippen LogP contribution in [0.4, 0.5) is 0 Å². The zero-order valence-electron chi connectivity index (χ0n) is 14.9. The van der Waals surface area contributed by atoms with Crippen LogP contribution >= 0.6 is 11.8 Å². The molecule has 2 heterocycles. The number of hydrogen-bond donors (Lipinski definition) is 0. The third-order valence-corrected chi connectivity index (χ3v) is 5.05. The molecule has 27 heavy (non-hydrogen) atoms. The van der Waals surface area contributed by atoms with Gasteiger partial charge in [-0.3, -0.25) is 9.36 Å². The Morgan fingerprint density at radius 1 is 1.15 bits per heavy atom. The largest absolute Gasteiger partial charge is 0.495 e. The molecule has 0 saturated heterocycles. The molecule has 7 heteroatoms. The molecule has 0 spiro atoms. The molecule has 2 aromatic heterocycles. The van der Waals surface area contributed by atoms with E-state index in [4.69, 9.17) is 14.2 Å². The minimum Gasteiger partial charge on any atom is -0.495 e. The molecule has 0 aliphatic rings. The van der Waals surface area contributed by atoms with E-state index in [1.807, 2.05) is 55.5 Å². The van der Waals surface area contributed by atoms with E-state index >= 15 is 0 Å². The van der Waals surface area contributed by atoms with Crippen LogP contribution in [0.15, 0.2) is 69.1 Å². The summed E-state index contributed by atoms with van der Waals surface area (Å²) in [5.74, 6) is 1.85. The maximum atomic E-state index is 13.3. The van der Waals surface area contributed by atoms with Crippen LogP contribution in [0.3, 0.4) is 0 Å². The number of para-hydroxylation sites is 3. The Labute approximate surface area is 159 Å². The molecule has 2 aromatic carbocycles. The van der Waals surface area contributed by atoms with Crippen LogP contribution in [0, 0.1) is 6.92 Å². The van der Waals surface area contributed by atoms with Crippen molar-refractivity contribution in [1.82, 2.24) is 14.7 Å².